The van der Waals surface area contributed by atoms with E-state index in [0.29, 0.717) is 6.42 Å². The second-order valence-electron chi connectivity index (χ2n) is 11.3. The van der Waals surface area contributed by atoms with E-state index in [-0.39, 0.29) is 25.5 Å². The molecule has 1 heterocycles. The van der Waals surface area contributed by atoms with Gasteiger partial charge in [-0.25, -0.2) is 9.69 Å². The first-order chi connectivity index (χ1) is 18.7. The van der Waals surface area contributed by atoms with Gasteiger partial charge in [-0.05, 0) is 35.2 Å². The molecular weight excluding hydrogens is 500 g/mol. The summed E-state index contributed by atoms with van der Waals surface area (Å²) >= 11 is 0. The second-order valence-corrected chi connectivity index (χ2v) is 16.8. The fraction of sp³-hybridized carbons (Fsp3) is 0.273. The quantitative estimate of drug-likeness (QED) is 0.145. The van der Waals surface area contributed by atoms with E-state index >= 15 is 0 Å². The van der Waals surface area contributed by atoms with Crippen LogP contribution in [0.1, 0.15) is 23.1 Å². The number of ether oxygens (including phenoxy) is 1. The van der Waals surface area contributed by atoms with Gasteiger partial charge in [-0.1, -0.05) is 111 Å². The number of carbonyl (C=O) groups is 2. The molecule has 0 aliphatic rings. The van der Waals surface area contributed by atoms with Crippen molar-refractivity contribution < 1.29 is 14.3 Å². The molecule has 3 aromatic carbocycles. The largest absolute Gasteiger partial charge is 0.444 e. The van der Waals surface area contributed by atoms with Crippen LogP contribution in [0.4, 0.5) is 4.79 Å². The lowest BCUT2D eigenvalue weighted by atomic mass is 10.1. The predicted octanol–water partition coefficient (Wildman–Crippen LogP) is 7.68. The smallest absolute Gasteiger partial charge is 0.416 e. The molecule has 2 amide bonds. The highest BCUT2D eigenvalue weighted by molar-refractivity contribution is 6.76. The van der Waals surface area contributed by atoms with Crippen molar-refractivity contribution >= 4 is 31.0 Å². The van der Waals surface area contributed by atoms with Gasteiger partial charge in [0.25, 0.3) is 0 Å². The van der Waals surface area contributed by atoms with Gasteiger partial charge in [0.15, 0.2) is 0 Å². The minimum absolute atomic E-state index is 0.121. The summed E-state index contributed by atoms with van der Waals surface area (Å²) in [7, 11) is -1.43. The number of hydrogen-bond donors (Lipinski definition) is 0. The number of rotatable bonds is 11. The third-order valence-electron chi connectivity index (χ3n) is 6.58. The fourth-order valence-corrected chi connectivity index (χ4v) is 6.53. The Morgan fingerprint density at radius 1 is 0.872 bits per heavy atom. The maximum Gasteiger partial charge on any atom is 0.416 e. The van der Waals surface area contributed by atoms with Crippen LogP contribution in [0.25, 0.3) is 10.9 Å². The van der Waals surface area contributed by atoms with Crippen molar-refractivity contribution in [3.63, 3.8) is 0 Å². The third kappa shape index (κ3) is 8.04. The summed E-state index contributed by atoms with van der Waals surface area (Å²) in [6, 6.07) is 29.0. The second kappa shape index (κ2) is 12.8. The molecule has 5 nitrogen and oxygen atoms in total. The lowest BCUT2D eigenvalue weighted by Crippen LogP contribution is -2.39. The number of amides is 2. The van der Waals surface area contributed by atoms with Gasteiger partial charge in [-0.15, -0.1) is 0 Å². The molecule has 0 saturated heterocycles. The van der Waals surface area contributed by atoms with Crippen molar-refractivity contribution in [2.75, 3.05) is 6.54 Å². The Kier molecular flexibility index (Phi) is 9.20. The zero-order valence-electron chi connectivity index (χ0n) is 23.2. The average molecular weight is 539 g/mol. The molecule has 6 heteroatoms. The number of carbonyl (C=O) groups excluding carboxylic acids is 2. The molecule has 0 spiro atoms. The number of benzene rings is 3. The molecule has 0 bridgehead atoms. The van der Waals surface area contributed by atoms with Gasteiger partial charge in [0.2, 0.25) is 5.91 Å². The molecule has 0 aliphatic heterocycles. The lowest BCUT2D eigenvalue weighted by molar-refractivity contribution is -0.128. The van der Waals surface area contributed by atoms with Crippen LogP contribution < -0.4 is 0 Å². The number of nitrogens with zero attached hydrogens (tertiary/aromatic N) is 2. The predicted molar refractivity (Wildman–Crippen MR) is 161 cm³/mol. The molecule has 4 aromatic rings. The van der Waals surface area contributed by atoms with Gasteiger partial charge >= 0.3 is 6.09 Å². The maximum absolute atomic E-state index is 13.4. The summed E-state index contributed by atoms with van der Waals surface area (Å²) in [5.41, 5.74) is 5.19. The van der Waals surface area contributed by atoms with Crippen LogP contribution in [0, 0.1) is 0 Å². The molecule has 4 rings (SSSR count). The molecule has 1 aromatic heterocycles. The number of aromatic nitrogens is 1. The van der Waals surface area contributed by atoms with Crippen LogP contribution in [0.5, 0.6) is 0 Å². The monoisotopic (exact) mass is 538 g/mol. The third-order valence-corrected chi connectivity index (χ3v) is 8.14. The van der Waals surface area contributed by atoms with Crippen molar-refractivity contribution in [2.45, 2.75) is 51.7 Å². The first-order valence-corrected chi connectivity index (χ1v) is 17.2. The van der Waals surface area contributed by atoms with Crippen molar-refractivity contribution in [3.8, 4) is 0 Å². The summed E-state index contributed by atoms with van der Waals surface area (Å²) < 4.78 is 7.83. The van der Waals surface area contributed by atoms with Gasteiger partial charge in [0.1, 0.15) is 6.61 Å². The highest BCUT2D eigenvalue weighted by atomic mass is 28.3. The molecular formula is C33H38N2O3Si. The van der Waals surface area contributed by atoms with Crippen LogP contribution in [-0.2, 0) is 29.1 Å². The summed E-state index contributed by atoms with van der Waals surface area (Å²) in [6.07, 6.45) is 2.22. The Morgan fingerprint density at radius 2 is 1.49 bits per heavy atom. The summed E-state index contributed by atoms with van der Waals surface area (Å²) in [5, 5.41) is 1.13. The zero-order valence-corrected chi connectivity index (χ0v) is 24.2. The van der Waals surface area contributed by atoms with E-state index in [4.69, 9.17) is 4.74 Å². The molecule has 0 N–H and O–H groups in total. The molecule has 39 heavy (non-hydrogen) atoms. The summed E-state index contributed by atoms with van der Waals surface area (Å²) in [6.45, 7) is 12.0. The Hall–Kier alpha value is -3.90. The van der Waals surface area contributed by atoms with Crippen molar-refractivity contribution in [1.82, 2.24) is 9.47 Å². The van der Waals surface area contributed by atoms with Gasteiger partial charge in [-0.2, -0.15) is 0 Å². The van der Waals surface area contributed by atoms with E-state index in [9.17, 15) is 9.59 Å². The number of hydrogen-bond acceptors (Lipinski definition) is 3. The van der Waals surface area contributed by atoms with Crippen LogP contribution in [0.3, 0.4) is 0 Å². The molecule has 0 unspecified atom stereocenters. The first-order valence-electron chi connectivity index (χ1n) is 13.5. The van der Waals surface area contributed by atoms with Gasteiger partial charge in [0, 0.05) is 44.7 Å². The highest BCUT2D eigenvalue weighted by Gasteiger charge is 2.25. The molecule has 0 fully saturated rings. The molecule has 0 atom stereocenters. The zero-order chi connectivity index (χ0) is 27.8. The van der Waals surface area contributed by atoms with E-state index in [2.05, 4.69) is 61.2 Å². The average Bonchev–Trinajstić information content (AvgIpc) is 3.25. The lowest BCUT2D eigenvalue weighted by Gasteiger charge is -2.23. The van der Waals surface area contributed by atoms with Gasteiger partial charge in [0.05, 0.1) is 0 Å². The van der Waals surface area contributed by atoms with Crippen LogP contribution in [0.2, 0.25) is 25.7 Å². The van der Waals surface area contributed by atoms with Crippen LogP contribution in [-0.4, -0.2) is 36.1 Å². The fourth-order valence-electron chi connectivity index (χ4n) is 4.90. The minimum Gasteiger partial charge on any atom is -0.444 e. The van der Waals surface area contributed by atoms with Crippen LogP contribution >= 0.6 is 0 Å². The van der Waals surface area contributed by atoms with Gasteiger partial charge < -0.3 is 9.30 Å². The molecule has 0 radical (unpaired) electrons. The van der Waals surface area contributed by atoms with E-state index in [1.54, 1.807) is 0 Å². The SMILES string of the molecule is C=C(CC(=O)N(CCc1cn(Cc2ccccc2)c2ccccc12)C(=O)OCc1ccccc1)C[Si](C)(C)C. The topological polar surface area (TPSA) is 51.5 Å². The standard InChI is InChI=1S/C33H38N2O3Si/c1-26(25-39(2,3)4)21-32(36)35(33(37)38-24-28-15-9-6-10-16-28)20-19-29-23-34(22-27-13-7-5-8-14-27)31-18-12-11-17-30(29)31/h5-18,23H,1,19-22,24-25H2,2-4H3. The first kappa shape index (κ1) is 28.1. The Balaban J connectivity index is 1.53. The maximum atomic E-state index is 13.4. The van der Waals surface area contributed by atoms with E-state index in [0.717, 1.165) is 40.2 Å². The highest BCUT2D eigenvalue weighted by Crippen LogP contribution is 2.24. The summed E-state index contributed by atoms with van der Waals surface area (Å²) in [4.78, 5) is 27.9. The molecule has 0 saturated carbocycles. The van der Waals surface area contributed by atoms with Crippen LogP contribution in [0.15, 0.2) is 103 Å². The van der Waals surface area contributed by atoms with Gasteiger partial charge in [-0.3, -0.25) is 4.79 Å². The van der Waals surface area contributed by atoms with Crippen molar-refractivity contribution in [1.29, 1.82) is 0 Å². The molecule has 0 aliphatic carbocycles. The van der Waals surface area contributed by atoms with E-state index in [1.807, 2.05) is 60.7 Å². The molecule has 202 valence electrons. The summed E-state index contributed by atoms with van der Waals surface area (Å²) in [5.74, 6) is -0.260. The number of para-hydroxylation sites is 1. The Bertz CT molecular complexity index is 1420. The number of imide groups is 1. The Morgan fingerprint density at radius 3 is 2.15 bits per heavy atom. The minimum atomic E-state index is -1.43. The van der Waals surface area contributed by atoms with E-state index in [1.165, 1.54) is 10.5 Å². The normalized spacial score (nSPS) is 11.4. The van der Waals surface area contributed by atoms with Crippen molar-refractivity contribution in [3.05, 3.63) is 120 Å². The Labute approximate surface area is 232 Å². The van der Waals surface area contributed by atoms with E-state index < -0.39 is 14.2 Å². The van der Waals surface area contributed by atoms with Crippen molar-refractivity contribution in [2.24, 2.45) is 0 Å². The number of fused-ring (bicyclic) bond motifs is 1.